The molecule has 0 amide bonds. The predicted octanol–water partition coefficient (Wildman–Crippen LogP) is 3.62. The molecule has 7 heteroatoms. The van der Waals surface area contributed by atoms with E-state index >= 15 is 0 Å². The molecule has 0 spiro atoms. The van der Waals surface area contributed by atoms with Crippen molar-refractivity contribution in [2.75, 3.05) is 18.5 Å². The number of aromatic nitrogens is 3. The lowest BCUT2D eigenvalue weighted by Crippen LogP contribution is -2.31. The monoisotopic (exact) mass is 392 g/mol. The van der Waals surface area contributed by atoms with Gasteiger partial charge in [-0.25, -0.2) is 9.97 Å². The molecule has 1 fully saturated rings. The van der Waals surface area contributed by atoms with E-state index in [1.54, 1.807) is 24.7 Å². The van der Waals surface area contributed by atoms with Crippen LogP contribution in [-0.4, -0.2) is 40.2 Å². The maximum Gasteiger partial charge on any atom is 0.309 e. The van der Waals surface area contributed by atoms with Gasteiger partial charge < -0.3 is 14.8 Å². The second-order valence-electron chi connectivity index (χ2n) is 7.11. The quantitative estimate of drug-likeness (QED) is 0.485. The molecule has 150 valence electrons. The molecular weight excluding hydrogens is 368 g/mol. The molecule has 0 unspecified atom stereocenters. The average molecular weight is 392 g/mol. The van der Waals surface area contributed by atoms with E-state index in [0.717, 1.165) is 42.3 Å². The average Bonchev–Trinajstić information content (AvgIpc) is 2.78. The topological polar surface area (TPSA) is 86.2 Å². The van der Waals surface area contributed by atoms with Crippen molar-refractivity contribution >= 4 is 22.8 Å². The number of carbonyl (C=O) groups excluding carboxylic acids is 1. The molecule has 0 bridgehead atoms. The molecule has 0 radical (unpaired) electrons. The van der Waals surface area contributed by atoms with Crippen molar-refractivity contribution in [2.45, 2.75) is 31.7 Å². The first kappa shape index (κ1) is 19.1. The molecule has 0 aliphatic heterocycles. The Labute approximate surface area is 169 Å². The van der Waals surface area contributed by atoms with E-state index < -0.39 is 0 Å². The number of rotatable bonds is 7. The van der Waals surface area contributed by atoms with Gasteiger partial charge >= 0.3 is 5.97 Å². The number of pyridine rings is 1. The minimum atomic E-state index is -0.136. The Hall–Kier alpha value is -3.22. The molecule has 1 saturated carbocycles. The first-order valence-corrected chi connectivity index (χ1v) is 9.96. The largest absolute Gasteiger partial charge is 0.489 e. The number of carbonyl (C=O) groups is 1. The van der Waals surface area contributed by atoms with Crippen molar-refractivity contribution in [3.63, 3.8) is 0 Å². The third-order valence-electron chi connectivity index (χ3n) is 5.15. The summed E-state index contributed by atoms with van der Waals surface area (Å²) in [4.78, 5) is 25.0. The number of esters is 1. The van der Waals surface area contributed by atoms with E-state index in [0.29, 0.717) is 18.6 Å². The van der Waals surface area contributed by atoms with Crippen LogP contribution in [0.3, 0.4) is 0 Å². The highest BCUT2D eigenvalue weighted by atomic mass is 16.6. The van der Waals surface area contributed by atoms with Gasteiger partial charge in [0, 0.05) is 30.0 Å². The second kappa shape index (κ2) is 9.32. The number of nitrogens with zero attached hydrogens (tertiary/aromatic N) is 3. The number of anilines is 1. The SMILES string of the molecule is O=C(OCCOc1ccnc2ccccc12)C1CCC(Nc2ncccn2)CC1. The molecule has 0 atom stereocenters. The van der Waals surface area contributed by atoms with Crippen molar-refractivity contribution in [1.29, 1.82) is 0 Å². The van der Waals surface area contributed by atoms with Gasteiger partial charge in [0.15, 0.2) is 0 Å². The number of ether oxygens (including phenoxy) is 2. The molecule has 3 aromatic rings. The van der Waals surface area contributed by atoms with Crippen molar-refractivity contribution in [2.24, 2.45) is 5.92 Å². The molecule has 29 heavy (non-hydrogen) atoms. The van der Waals surface area contributed by atoms with E-state index in [2.05, 4.69) is 20.3 Å². The Balaban J connectivity index is 1.19. The van der Waals surface area contributed by atoms with E-state index in [4.69, 9.17) is 9.47 Å². The Morgan fingerprint density at radius 3 is 2.55 bits per heavy atom. The second-order valence-corrected chi connectivity index (χ2v) is 7.11. The lowest BCUT2D eigenvalue weighted by molar-refractivity contribution is -0.150. The minimum absolute atomic E-state index is 0.0495. The highest BCUT2D eigenvalue weighted by Crippen LogP contribution is 2.27. The van der Waals surface area contributed by atoms with E-state index in [1.807, 2.05) is 30.3 Å². The van der Waals surface area contributed by atoms with Crippen molar-refractivity contribution in [3.8, 4) is 5.75 Å². The van der Waals surface area contributed by atoms with Crippen LogP contribution >= 0.6 is 0 Å². The molecule has 1 aliphatic rings. The van der Waals surface area contributed by atoms with Gasteiger partial charge in [0.25, 0.3) is 0 Å². The summed E-state index contributed by atoms with van der Waals surface area (Å²) in [5, 5.41) is 4.28. The van der Waals surface area contributed by atoms with Gasteiger partial charge in [0.1, 0.15) is 19.0 Å². The number of nitrogens with one attached hydrogen (secondary N) is 1. The lowest BCUT2D eigenvalue weighted by Gasteiger charge is -2.27. The molecule has 2 aromatic heterocycles. The fourth-order valence-corrected chi connectivity index (χ4v) is 3.64. The van der Waals surface area contributed by atoms with Crippen LogP contribution in [0.25, 0.3) is 10.9 Å². The zero-order valence-corrected chi connectivity index (χ0v) is 16.2. The van der Waals surface area contributed by atoms with Gasteiger partial charge in [-0.2, -0.15) is 0 Å². The Morgan fingerprint density at radius 2 is 1.72 bits per heavy atom. The third kappa shape index (κ3) is 4.99. The van der Waals surface area contributed by atoms with Gasteiger partial charge in [-0.15, -0.1) is 0 Å². The lowest BCUT2D eigenvalue weighted by atomic mass is 9.86. The molecule has 0 saturated heterocycles. The first-order valence-electron chi connectivity index (χ1n) is 9.96. The van der Waals surface area contributed by atoms with E-state index in [1.165, 1.54) is 0 Å². The minimum Gasteiger partial charge on any atom is -0.489 e. The number of benzene rings is 1. The molecule has 7 nitrogen and oxygen atoms in total. The molecular formula is C22H24N4O3. The van der Waals surface area contributed by atoms with Crippen molar-refractivity contribution in [1.82, 2.24) is 15.0 Å². The summed E-state index contributed by atoms with van der Waals surface area (Å²) in [6.45, 7) is 0.563. The summed E-state index contributed by atoms with van der Waals surface area (Å²) < 4.78 is 11.2. The van der Waals surface area contributed by atoms with Crippen LogP contribution in [-0.2, 0) is 9.53 Å². The molecule has 1 aliphatic carbocycles. The smallest absolute Gasteiger partial charge is 0.309 e. The number of fused-ring (bicyclic) bond motifs is 1. The highest BCUT2D eigenvalue weighted by molar-refractivity contribution is 5.84. The highest BCUT2D eigenvalue weighted by Gasteiger charge is 2.27. The van der Waals surface area contributed by atoms with Crippen LogP contribution in [0.1, 0.15) is 25.7 Å². The summed E-state index contributed by atoms with van der Waals surface area (Å²) >= 11 is 0. The van der Waals surface area contributed by atoms with Crippen LogP contribution < -0.4 is 10.1 Å². The summed E-state index contributed by atoms with van der Waals surface area (Å²) in [6.07, 6.45) is 8.56. The van der Waals surface area contributed by atoms with Gasteiger partial charge in [0.05, 0.1) is 11.4 Å². The maximum atomic E-state index is 12.4. The summed E-state index contributed by atoms with van der Waals surface area (Å²) in [6, 6.07) is 11.7. The van der Waals surface area contributed by atoms with E-state index in [9.17, 15) is 4.79 Å². The van der Waals surface area contributed by atoms with Crippen LogP contribution in [0, 0.1) is 5.92 Å². The fraction of sp³-hybridized carbons (Fsp3) is 0.364. The normalized spacial score (nSPS) is 18.9. The van der Waals surface area contributed by atoms with Gasteiger partial charge in [0.2, 0.25) is 5.95 Å². The summed E-state index contributed by atoms with van der Waals surface area (Å²) in [5.74, 6) is 1.20. The van der Waals surface area contributed by atoms with Crippen molar-refractivity contribution < 1.29 is 14.3 Å². The van der Waals surface area contributed by atoms with E-state index in [-0.39, 0.29) is 18.5 Å². The van der Waals surface area contributed by atoms with Gasteiger partial charge in [-0.05, 0) is 49.9 Å². The maximum absolute atomic E-state index is 12.4. The number of hydrogen-bond donors (Lipinski definition) is 1. The van der Waals surface area contributed by atoms with Crippen LogP contribution in [0.15, 0.2) is 55.0 Å². The standard InChI is InChI=1S/C22H24N4O3/c27-21(16-6-8-17(9-7-16)26-22-24-11-3-12-25-22)29-15-14-28-20-10-13-23-19-5-2-1-4-18(19)20/h1-5,10-13,16-17H,6-9,14-15H2,(H,24,25,26). The Kier molecular flexibility index (Phi) is 6.14. The molecule has 4 rings (SSSR count). The van der Waals surface area contributed by atoms with Gasteiger partial charge in [-0.1, -0.05) is 12.1 Å². The predicted molar refractivity (Wildman–Crippen MR) is 110 cm³/mol. The number of hydrogen-bond acceptors (Lipinski definition) is 7. The molecule has 1 N–H and O–H groups in total. The summed E-state index contributed by atoms with van der Waals surface area (Å²) in [7, 11) is 0. The zero-order valence-electron chi connectivity index (χ0n) is 16.2. The Morgan fingerprint density at radius 1 is 0.931 bits per heavy atom. The zero-order chi connectivity index (χ0) is 19.9. The van der Waals surface area contributed by atoms with Crippen LogP contribution in [0.4, 0.5) is 5.95 Å². The summed E-state index contributed by atoms with van der Waals surface area (Å²) in [5.41, 5.74) is 0.883. The third-order valence-corrected chi connectivity index (χ3v) is 5.15. The molecule has 2 heterocycles. The fourth-order valence-electron chi connectivity index (χ4n) is 3.64. The molecule has 1 aromatic carbocycles. The number of para-hydroxylation sites is 1. The first-order chi connectivity index (χ1) is 14.3. The Bertz CT molecular complexity index is 938. The van der Waals surface area contributed by atoms with Crippen molar-refractivity contribution in [3.05, 3.63) is 55.0 Å². The van der Waals surface area contributed by atoms with Gasteiger partial charge in [-0.3, -0.25) is 9.78 Å². The van der Waals surface area contributed by atoms with Crippen LogP contribution in [0.5, 0.6) is 5.75 Å². The van der Waals surface area contributed by atoms with Crippen LogP contribution in [0.2, 0.25) is 0 Å².